The summed E-state index contributed by atoms with van der Waals surface area (Å²) in [6, 6.07) is -0.892. The van der Waals surface area contributed by atoms with Crippen molar-refractivity contribution in [2.75, 3.05) is 6.54 Å². The van der Waals surface area contributed by atoms with Gasteiger partial charge in [-0.05, 0) is 20.8 Å². The zero-order valence-corrected chi connectivity index (χ0v) is 8.90. The topological polar surface area (TPSA) is 57.7 Å². The van der Waals surface area contributed by atoms with Crippen molar-refractivity contribution in [1.82, 2.24) is 9.80 Å². The molecule has 0 spiro atoms. The first-order valence-corrected chi connectivity index (χ1v) is 4.59. The van der Waals surface area contributed by atoms with E-state index < -0.39 is 17.8 Å². The Balaban J connectivity index is 2.93. The lowest BCUT2D eigenvalue weighted by molar-refractivity contribution is -0.143. The third-order valence-corrected chi connectivity index (χ3v) is 2.01. The van der Waals surface area contributed by atoms with E-state index in [1.807, 2.05) is 0 Å². The molecule has 5 nitrogen and oxygen atoms in total. The van der Waals surface area contributed by atoms with Gasteiger partial charge in [-0.1, -0.05) is 5.92 Å². The van der Waals surface area contributed by atoms with Gasteiger partial charge in [0.25, 0.3) is 0 Å². The van der Waals surface area contributed by atoms with Crippen LogP contribution in [0.2, 0.25) is 0 Å². The highest BCUT2D eigenvalue weighted by atomic mass is 16.2. The summed E-state index contributed by atoms with van der Waals surface area (Å²) in [7, 11) is 0. The first kappa shape index (κ1) is 11.2. The quantitative estimate of drug-likeness (QED) is 0.370. The molecule has 0 bridgehead atoms. The van der Waals surface area contributed by atoms with Crippen molar-refractivity contribution in [2.24, 2.45) is 0 Å². The van der Waals surface area contributed by atoms with Crippen LogP contribution < -0.4 is 0 Å². The first-order chi connectivity index (χ1) is 7.00. The van der Waals surface area contributed by atoms with Gasteiger partial charge in [0.1, 0.15) is 0 Å². The van der Waals surface area contributed by atoms with E-state index in [1.165, 1.54) is 0 Å². The van der Waals surface area contributed by atoms with Gasteiger partial charge in [-0.25, -0.2) is 9.69 Å². The van der Waals surface area contributed by atoms with Gasteiger partial charge in [0, 0.05) is 6.04 Å². The Morgan fingerprint density at radius 3 is 2.20 bits per heavy atom. The molecule has 0 aromatic heterocycles. The fourth-order valence-electron chi connectivity index (χ4n) is 1.28. The Labute approximate surface area is 88.0 Å². The van der Waals surface area contributed by atoms with Crippen molar-refractivity contribution >= 4 is 17.8 Å². The van der Waals surface area contributed by atoms with Gasteiger partial charge in [-0.2, -0.15) is 0 Å². The number of rotatable bonds is 2. The van der Waals surface area contributed by atoms with E-state index >= 15 is 0 Å². The smallest absolute Gasteiger partial charge is 0.263 e. The second kappa shape index (κ2) is 4.13. The van der Waals surface area contributed by atoms with E-state index in [2.05, 4.69) is 11.8 Å². The van der Waals surface area contributed by atoms with Crippen molar-refractivity contribution < 1.29 is 14.4 Å². The van der Waals surface area contributed by atoms with E-state index in [4.69, 9.17) is 0 Å². The summed E-state index contributed by atoms with van der Waals surface area (Å²) in [5.41, 5.74) is 0. The predicted octanol–water partition coefficient (Wildman–Crippen LogP) is 0.209. The van der Waals surface area contributed by atoms with Crippen LogP contribution >= 0.6 is 0 Å². The molecule has 0 atom stereocenters. The van der Waals surface area contributed by atoms with Crippen LogP contribution in [-0.4, -0.2) is 40.2 Å². The lowest BCUT2D eigenvalue weighted by atomic mass is 10.3. The Bertz CT molecular complexity index is 376. The number of hydrogen-bond acceptors (Lipinski definition) is 3. The first-order valence-electron chi connectivity index (χ1n) is 4.59. The number of carbonyl (C=O) groups is 3. The standard InChI is InChI=1S/C10H12N2O3/c1-4-5-6-11-8(13)9(14)12(7(2)3)10(11)15/h7H,6H2,1-3H3. The molecule has 1 aliphatic heterocycles. The molecule has 0 aromatic rings. The van der Waals surface area contributed by atoms with Crippen LogP contribution in [0.1, 0.15) is 20.8 Å². The molecule has 0 N–H and O–H groups in total. The maximum absolute atomic E-state index is 11.6. The molecule has 1 heterocycles. The second-order valence-electron chi connectivity index (χ2n) is 3.37. The summed E-state index contributed by atoms with van der Waals surface area (Å²) >= 11 is 0. The minimum absolute atomic E-state index is 0.0247. The van der Waals surface area contributed by atoms with E-state index in [1.54, 1.807) is 20.8 Å². The molecule has 0 aromatic carbocycles. The maximum atomic E-state index is 11.6. The minimum atomic E-state index is -0.795. The van der Waals surface area contributed by atoms with E-state index in [0.29, 0.717) is 0 Å². The fourth-order valence-corrected chi connectivity index (χ4v) is 1.28. The molecule has 1 rings (SSSR count). The average molecular weight is 208 g/mol. The van der Waals surface area contributed by atoms with Crippen LogP contribution in [0.5, 0.6) is 0 Å². The highest BCUT2D eigenvalue weighted by Gasteiger charge is 2.45. The summed E-state index contributed by atoms with van der Waals surface area (Å²) in [5, 5.41) is 0. The number of hydrogen-bond donors (Lipinski definition) is 0. The number of amides is 4. The number of imide groups is 2. The predicted molar refractivity (Wildman–Crippen MR) is 52.5 cm³/mol. The van der Waals surface area contributed by atoms with Crippen LogP contribution in [0.25, 0.3) is 0 Å². The van der Waals surface area contributed by atoms with Gasteiger partial charge in [0.05, 0.1) is 6.54 Å². The molecule has 80 valence electrons. The van der Waals surface area contributed by atoms with Gasteiger partial charge in [0.2, 0.25) is 0 Å². The molecule has 5 heteroatoms. The highest BCUT2D eigenvalue weighted by molar-refractivity contribution is 6.44. The Morgan fingerprint density at radius 2 is 1.80 bits per heavy atom. The lowest BCUT2D eigenvalue weighted by Gasteiger charge is -2.17. The second-order valence-corrected chi connectivity index (χ2v) is 3.37. The molecule has 4 amide bonds. The molecular formula is C10H12N2O3. The van der Waals surface area contributed by atoms with Crippen LogP contribution in [0.3, 0.4) is 0 Å². The molecule has 1 saturated heterocycles. The number of carbonyl (C=O) groups excluding carboxylic acids is 3. The average Bonchev–Trinajstić information content (AvgIpc) is 2.37. The summed E-state index contributed by atoms with van der Waals surface area (Å²) in [4.78, 5) is 36.2. The Kier molecular flexibility index (Phi) is 3.10. The molecule has 0 saturated carbocycles. The molecule has 0 unspecified atom stereocenters. The summed E-state index contributed by atoms with van der Waals surface area (Å²) in [5.74, 6) is 3.59. The summed E-state index contributed by atoms with van der Waals surface area (Å²) in [6.07, 6.45) is 0. The third kappa shape index (κ3) is 1.84. The fraction of sp³-hybridized carbons (Fsp3) is 0.500. The monoisotopic (exact) mass is 208 g/mol. The minimum Gasteiger partial charge on any atom is -0.263 e. The zero-order chi connectivity index (χ0) is 11.6. The zero-order valence-electron chi connectivity index (χ0n) is 8.90. The molecule has 0 radical (unpaired) electrons. The Hall–Kier alpha value is -1.83. The SMILES string of the molecule is CC#CCN1C(=O)C(=O)N(C(C)C)C1=O. The van der Waals surface area contributed by atoms with Crippen LogP contribution in [0, 0.1) is 11.8 Å². The highest BCUT2D eigenvalue weighted by Crippen LogP contribution is 2.14. The van der Waals surface area contributed by atoms with Gasteiger partial charge in [-0.15, -0.1) is 5.92 Å². The van der Waals surface area contributed by atoms with Crippen LogP contribution in [0.4, 0.5) is 4.79 Å². The van der Waals surface area contributed by atoms with Crippen molar-refractivity contribution in [3.63, 3.8) is 0 Å². The van der Waals surface area contributed by atoms with Crippen molar-refractivity contribution in [3.05, 3.63) is 0 Å². The largest absolute Gasteiger partial charge is 0.335 e. The number of urea groups is 1. The molecule has 15 heavy (non-hydrogen) atoms. The normalized spacial score (nSPS) is 16.1. The van der Waals surface area contributed by atoms with Gasteiger partial charge >= 0.3 is 17.8 Å². The van der Waals surface area contributed by atoms with E-state index in [-0.39, 0.29) is 12.6 Å². The molecule has 0 aliphatic carbocycles. The van der Waals surface area contributed by atoms with E-state index in [9.17, 15) is 14.4 Å². The number of nitrogens with zero attached hydrogens (tertiary/aromatic N) is 2. The van der Waals surface area contributed by atoms with Gasteiger partial charge in [0.15, 0.2) is 0 Å². The lowest BCUT2D eigenvalue weighted by Crippen LogP contribution is -2.38. The molecule has 1 fully saturated rings. The van der Waals surface area contributed by atoms with Crippen molar-refractivity contribution in [1.29, 1.82) is 0 Å². The molecule has 1 aliphatic rings. The third-order valence-electron chi connectivity index (χ3n) is 2.01. The summed E-state index contributed by atoms with van der Waals surface area (Å²) < 4.78 is 0. The van der Waals surface area contributed by atoms with Crippen LogP contribution in [0.15, 0.2) is 0 Å². The summed E-state index contributed by atoms with van der Waals surface area (Å²) in [6.45, 7) is 4.94. The maximum Gasteiger partial charge on any atom is 0.335 e. The van der Waals surface area contributed by atoms with Gasteiger partial charge in [-0.3, -0.25) is 14.5 Å². The van der Waals surface area contributed by atoms with Crippen molar-refractivity contribution in [3.8, 4) is 11.8 Å². The van der Waals surface area contributed by atoms with E-state index in [0.717, 1.165) is 9.80 Å². The van der Waals surface area contributed by atoms with Gasteiger partial charge < -0.3 is 0 Å². The Morgan fingerprint density at radius 1 is 1.20 bits per heavy atom. The van der Waals surface area contributed by atoms with Crippen molar-refractivity contribution in [2.45, 2.75) is 26.8 Å². The molecular weight excluding hydrogens is 196 g/mol. The van der Waals surface area contributed by atoms with Crippen LogP contribution in [-0.2, 0) is 9.59 Å².